The molecule has 1 unspecified atom stereocenters. The molecule has 0 bridgehead atoms. The van der Waals surface area contributed by atoms with Gasteiger partial charge >= 0.3 is 6.09 Å². The number of nitrogens with one attached hydrogen (secondary N) is 1. The molecular formula is C15H24N2O3. The summed E-state index contributed by atoms with van der Waals surface area (Å²) in [6.07, 6.45) is 7.30. The van der Waals surface area contributed by atoms with Crippen LogP contribution in [0.25, 0.3) is 0 Å². The normalized spacial score (nSPS) is 26.8. The Morgan fingerprint density at radius 2 is 2.15 bits per heavy atom. The largest absolute Gasteiger partial charge is 0.444 e. The lowest BCUT2D eigenvalue weighted by Crippen LogP contribution is -2.52. The first-order valence-electron chi connectivity index (χ1n) is 7.33. The second-order valence-corrected chi connectivity index (χ2v) is 6.46. The Labute approximate surface area is 120 Å². The van der Waals surface area contributed by atoms with Crippen molar-refractivity contribution in [1.82, 2.24) is 10.2 Å². The van der Waals surface area contributed by atoms with Crippen LogP contribution in [0, 0.1) is 0 Å². The number of hydrogen-bond donors (Lipinski definition) is 1. The average Bonchev–Trinajstić information content (AvgIpc) is 2.49. The predicted molar refractivity (Wildman–Crippen MR) is 76.3 cm³/mol. The molecule has 1 saturated heterocycles. The van der Waals surface area contributed by atoms with Crippen molar-refractivity contribution in [2.45, 2.75) is 64.1 Å². The fourth-order valence-corrected chi connectivity index (χ4v) is 2.67. The second-order valence-electron chi connectivity index (χ2n) is 6.46. The van der Waals surface area contributed by atoms with Crippen LogP contribution in [0.3, 0.4) is 0 Å². The Bertz CT molecular complexity index is 412. The number of fused-ring (bicyclic) bond motifs is 1. The second kappa shape index (κ2) is 5.85. The van der Waals surface area contributed by atoms with E-state index in [9.17, 15) is 9.59 Å². The van der Waals surface area contributed by atoms with Gasteiger partial charge in [-0.15, -0.1) is 0 Å². The van der Waals surface area contributed by atoms with Crippen LogP contribution in [0.4, 0.5) is 4.79 Å². The highest BCUT2D eigenvalue weighted by atomic mass is 16.6. The van der Waals surface area contributed by atoms with Gasteiger partial charge in [-0.3, -0.25) is 4.79 Å². The number of nitrogens with zero attached hydrogens (tertiary/aromatic N) is 1. The quantitative estimate of drug-likeness (QED) is 0.749. The van der Waals surface area contributed by atoms with E-state index in [4.69, 9.17) is 4.74 Å². The van der Waals surface area contributed by atoms with Crippen molar-refractivity contribution in [2.24, 2.45) is 0 Å². The Morgan fingerprint density at radius 1 is 1.40 bits per heavy atom. The van der Waals surface area contributed by atoms with Crippen LogP contribution < -0.4 is 5.32 Å². The van der Waals surface area contributed by atoms with E-state index >= 15 is 0 Å². The minimum absolute atomic E-state index is 0.00515. The molecule has 0 aromatic rings. The summed E-state index contributed by atoms with van der Waals surface area (Å²) in [5, 5.41) is 2.69. The summed E-state index contributed by atoms with van der Waals surface area (Å²) in [7, 11) is 0. The molecule has 1 N–H and O–H groups in total. The topological polar surface area (TPSA) is 58.6 Å². The lowest BCUT2D eigenvalue weighted by molar-refractivity contribution is -0.135. The van der Waals surface area contributed by atoms with Crippen LogP contribution in [0.5, 0.6) is 0 Å². The summed E-state index contributed by atoms with van der Waals surface area (Å²) in [6.45, 7) is 6.20. The molecule has 2 heterocycles. The zero-order valence-electron chi connectivity index (χ0n) is 12.5. The molecule has 0 saturated carbocycles. The maximum absolute atomic E-state index is 12.5. The number of carbonyl (C=O) groups excluding carboxylic acids is 2. The van der Waals surface area contributed by atoms with Crippen LogP contribution >= 0.6 is 0 Å². The molecule has 20 heavy (non-hydrogen) atoms. The van der Waals surface area contributed by atoms with Crippen LogP contribution in [0.15, 0.2) is 12.2 Å². The number of ether oxygens (including phenoxy) is 1. The number of amides is 2. The first-order chi connectivity index (χ1) is 9.37. The van der Waals surface area contributed by atoms with Crippen LogP contribution in [-0.4, -0.2) is 41.1 Å². The van der Waals surface area contributed by atoms with Crippen LogP contribution in [0.2, 0.25) is 0 Å². The Hall–Kier alpha value is -1.52. The van der Waals surface area contributed by atoms with E-state index < -0.39 is 17.7 Å². The molecule has 0 aromatic heterocycles. The fraction of sp³-hybridized carbons (Fsp3) is 0.733. The molecule has 5 nitrogen and oxygen atoms in total. The molecule has 2 rings (SSSR count). The molecule has 2 aliphatic heterocycles. The number of hydrogen-bond acceptors (Lipinski definition) is 3. The first kappa shape index (κ1) is 14.9. The van der Waals surface area contributed by atoms with Gasteiger partial charge in [-0.2, -0.15) is 0 Å². The van der Waals surface area contributed by atoms with Gasteiger partial charge in [0.1, 0.15) is 11.6 Å². The highest BCUT2D eigenvalue weighted by molar-refractivity contribution is 5.86. The van der Waals surface area contributed by atoms with Gasteiger partial charge in [-0.1, -0.05) is 12.2 Å². The molecule has 2 atom stereocenters. The average molecular weight is 280 g/mol. The summed E-state index contributed by atoms with van der Waals surface area (Å²) >= 11 is 0. The van der Waals surface area contributed by atoms with Gasteiger partial charge in [-0.05, 0) is 46.5 Å². The number of alkyl carbamates (subject to hydrolysis) is 1. The van der Waals surface area contributed by atoms with Gasteiger partial charge in [0.2, 0.25) is 5.91 Å². The highest BCUT2D eigenvalue weighted by Crippen LogP contribution is 2.22. The van der Waals surface area contributed by atoms with E-state index in [1.54, 1.807) is 0 Å². The Kier molecular flexibility index (Phi) is 4.35. The summed E-state index contributed by atoms with van der Waals surface area (Å²) in [5.74, 6) is 0.00515. The minimum Gasteiger partial charge on any atom is -0.444 e. The van der Waals surface area contributed by atoms with E-state index in [1.807, 2.05) is 31.7 Å². The zero-order valence-corrected chi connectivity index (χ0v) is 12.5. The van der Waals surface area contributed by atoms with Crippen molar-refractivity contribution in [3.05, 3.63) is 12.2 Å². The number of carbonyl (C=O) groups is 2. The Morgan fingerprint density at radius 3 is 2.85 bits per heavy atom. The third-order valence-electron chi connectivity index (χ3n) is 3.55. The first-order valence-corrected chi connectivity index (χ1v) is 7.33. The lowest BCUT2D eigenvalue weighted by atomic mass is 10.0. The molecule has 112 valence electrons. The fourth-order valence-electron chi connectivity index (χ4n) is 2.67. The lowest BCUT2D eigenvalue weighted by Gasteiger charge is -2.35. The smallest absolute Gasteiger partial charge is 0.408 e. The van der Waals surface area contributed by atoms with Crippen molar-refractivity contribution < 1.29 is 14.3 Å². The standard InChI is InChI=1S/C15H24N2O3/c1-15(2,3)20-14(19)16-12-9-6-8-11-7-4-5-10-17(11)13(12)18/h6,8,11-12H,4-5,7,9-10H2,1-3H3,(H,16,19)/t11?,12-/m0/s1. The molecule has 2 amide bonds. The van der Waals surface area contributed by atoms with Crippen LogP contribution in [-0.2, 0) is 9.53 Å². The summed E-state index contributed by atoms with van der Waals surface area (Å²) in [5.41, 5.74) is -0.554. The van der Waals surface area contributed by atoms with Gasteiger partial charge < -0.3 is 15.0 Å². The third kappa shape index (κ3) is 3.74. The van der Waals surface area contributed by atoms with E-state index in [2.05, 4.69) is 11.4 Å². The van der Waals surface area contributed by atoms with Gasteiger partial charge in [-0.25, -0.2) is 4.79 Å². The van der Waals surface area contributed by atoms with Crippen molar-refractivity contribution in [3.8, 4) is 0 Å². The molecule has 1 fully saturated rings. The van der Waals surface area contributed by atoms with E-state index in [0.717, 1.165) is 25.8 Å². The molecular weight excluding hydrogens is 256 g/mol. The monoisotopic (exact) mass is 280 g/mol. The van der Waals surface area contributed by atoms with E-state index in [1.165, 1.54) is 0 Å². The summed E-state index contributed by atoms with van der Waals surface area (Å²) in [6, 6.07) is -0.314. The maximum atomic E-state index is 12.5. The van der Waals surface area contributed by atoms with Crippen molar-refractivity contribution in [3.63, 3.8) is 0 Å². The molecule has 2 aliphatic rings. The molecule has 0 aromatic carbocycles. The van der Waals surface area contributed by atoms with Crippen molar-refractivity contribution in [2.75, 3.05) is 6.54 Å². The number of piperidine rings is 1. The molecule has 5 heteroatoms. The Balaban J connectivity index is 2.00. The molecule has 0 spiro atoms. The molecule has 0 radical (unpaired) electrons. The number of rotatable bonds is 1. The predicted octanol–water partition coefficient (Wildman–Crippen LogP) is 2.22. The van der Waals surface area contributed by atoms with E-state index in [-0.39, 0.29) is 11.9 Å². The van der Waals surface area contributed by atoms with E-state index in [0.29, 0.717) is 6.42 Å². The van der Waals surface area contributed by atoms with Gasteiger partial charge in [0, 0.05) is 6.54 Å². The summed E-state index contributed by atoms with van der Waals surface area (Å²) in [4.78, 5) is 26.2. The SMILES string of the molecule is CC(C)(C)OC(=O)N[C@H]1CC=CC2CCCCN2C1=O. The highest BCUT2D eigenvalue weighted by Gasteiger charge is 2.33. The third-order valence-corrected chi connectivity index (χ3v) is 3.55. The van der Waals surface area contributed by atoms with Gasteiger partial charge in [0.25, 0.3) is 0 Å². The van der Waals surface area contributed by atoms with Crippen molar-refractivity contribution >= 4 is 12.0 Å². The van der Waals surface area contributed by atoms with Gasteiger partial charge in [0.15, 0.2) is 0 Å². The van der Waals surface area contributed by atoms with Gasteiger partial charge in [0.05, 0.1) is 6.04 Å². The summed E-state index contributed by atoms with van der Waals surface area (Å²) < 4.78 is 5.22. The molecule has 0 aliphatic carbocycles. The van der Waals surface area contributed by atoms with Crippen molar-refractivity contribution in [1.29, 1.82) is 0 Å². The minimum atomic E-state index is -0.554. The zero-order chi connectivity index (χ0) is 14.8. The van der Waals surface area contributed by atoms with Crippen LogP contribution in [0.1, 0.15) is 46.5 Å². The maximum Gasteiger partial charge on any atom is 0.408 e.